The van der Waals surface area contributed by atoms with E-state index >= 15 is 0 Å². The van der Waals surface area contributed by atoms with E-state index in [4.69, 9.17) is 10.5 Å². The van der Waals surface area contributed by atoms with Crippen molar-refractivity contribution in [2.75, 3.05) is 12.4 Å². The number of hydrogen-bond donors (Lipinski definition) is 3. The minimum Gasteiger partial charge on any atom is -0.379 e. The third-order valence-electron chi connectivity index (χ3n) is 4.19. The molecular weight excluding hydrogens is 268 g/mol. The number of methoxy groups -OCH3 is 1. The predicted molar refractivity (Wildman–Crippen MR) is 81.3 cm³/mol. The Labute approximate surface area is 123 Å². The number of carbonyl (C=O) groups is 1. The summed E-state index contributed by atoms with van der Waals surface area (Å²) in [6.07, 6.45) is 7.87. The second-order valence-electron chi connectivity index (χ2n) is 5.46. The van der Waals surface area contributed by atoms with E-state index < -0.39 is 5.91 Å². The maximum Gasteiger partial charge on any atom is 0.252 e. The van der Waals surface area contributed by atoms with Crippen molar-refractivity contribution in [3.05, 3.63) is 24.0 Å². The van der Waals surface area contributed by atoms with Crippen molar-refractivity contribution in [2.24, 2.45) is 5.73 Å². The van der Waals surface area contributed by atoms with E-state index in [0.717, 1.165) is 36.0 Å². The summed E-state index contributed by atoms with van der Waals surface area (Å²) in [7, 11) is 1.73. The summed E-state index contributed by atoms with van der Waals surface area (Å²) in [6.45, 7) is 0. The summed E-state index contributed by atoms with van der Waals surface area (Å²) in [6, 6.07) is 2.09. The number of ether oxygens (including phenoxy) is 1. The summed E-state index contributed by atoms with van der Waals surface area (Å²) in [5.41, 5.74) is 7.40. The number of amides is 1. The van der Waals surface area contributed by atoms with Gasteiger partial charge in [0.05, 0.1) is 23.4 Å². The highest BCUT2D eigenvalue weighted by Crippen LogP contribution is 2.30. The number of nitrogens with two attached hydrogens (primary N) is 1. The quantitative estimate of drug-likeness (QED) is 0.802. The Bertz CT molecular complexity index is 652. The number of primary amides is 1. The third kappa shape index (κ3) is 2.58. The number of anilines is 1. The van der Waals surface area contributed by atoms with Gasteiger partial charge < -0.3 is 20.8 Å². The van der Waals surface area contributed by atoms with E-state index in [0.29, 0.717) is 5.56 Å². The zero-order chi connectivity index (χ0) is 14.8. The minimum atomic E-state index is -0.474. The highest BCUT2D eigenvalue weighted by Gasteiger charge is 2.26. The van der Waals surface area contributed by atoms with Crippen LogP contribution >= 0.6 is 0 Å². The fourth-order valence-electron chi connectivity index (χ4n) is 3.08. The maximum atomic E-state index is 11.7. The highest BCUT2D eigenvalue weighted by molar-refractivity contribution is 6.05. The van der Waals surface area contributed by atoms with E-state index in [-0.39, 0.29) is 12.1 Å². The average molecular weight is 288 g/mol. The summed E-state index contributed by atoms with van der Waals surface area (Å²) in [4.78, 5) is 19.0. The molecule has 1 aliphatic carbocycles. The van der Waals surface area contributed by atoms with Crippen LogP contribution < -0.4 is 11.1 Å². The van der Waals surface area contributed by atoms with Crippen LogP contribution in [-0.4, -0.2) is 35.1 Å². The van der Waals surface area contributed by atoms with Crippen molar-refractivity contribution in [1.82, 2.24) is 9.97 Å². The Morgan fingerprint density at radius 2 is 2.29 bits per heavy atom. The topological polar surface area (TPSA) is 93.0 Å². The molecular formula is C15H20N4O2. The van der Waals surface area contributed by atoms with E-state index in [1.807, 2.05) is 12.3 Å². The zero-order valence-electron chi connectivity index (χ0n) is 12.1. The smallest absolute Gasteiger partial charge is 0.252 e. The minimum absolute atomic E-state index is 0.154. The summed E-state index contributed by atoms with van der Waals surface area (Å²) >= 11 is 0. The molecule has 0 spiro atoms. The molecule has 1 fully saturated rings. The number of aromatic amines is 1. The zero-order valence-corrected chi connectivity index (χ0v) is 12.1. The lowest BCUT2D eigenvalue weighted by Gasteiger charge is -2.32. The van der Waals surface area contributed by atoms with Crippen molar-refractivity contribution in [3.8, 4) is 0 Å². The fourth-order valence-corrected chi connectivity index (χ4v) is 3.08. The van der Waals surface area contributed by atoms with Gasteiger partial charge in [0.1, 0.15) is 5.65 Å². The van der Waals surface area contributed by atoms with E-state index in [9.17, 15) is 4.79 Å². The lowest BCUT2D eigenvalue weighted by atomic mass is 9.92. The van der Waals surface area contributed by atoms with Gasteiger partial charge in [0, 0.05) is 24.9 Å². The first-order valence-corrected chi connectivity index (χ1v) is 7.26. The lowest BCUT2D eigenvalue weighted by Crippen LogP contribution is -2.38. The Morgan fingerprint density at radius 1 is 1.48 bits per heavy atom. The fraction of sp³-hybridized carbons (Fsp3) is 0.467. The standard InChI is InChI=1S/C15H20N4O2/c1-21-12-5-3-2-4-11(12)19-13-9-6-7-17-15(9)18-8-10(13)14(16)20/h6-8,11-12H,2-5H2,1H3,(H2,16,20)(H2,17,18,19)/t11-,12+/m0/s1. The molecule has 3 rings (SSSR count). The summed E-state index contributed by atoms with van der Waals surface area (Å²) in [5, 5.41) is 4.36. The second kappa shape index (κ2) is 5.73. The van der Waals surface area contributed by atoms with E-state index in [1.165, 1.54) is 12.6 Å². The average Bonchev–Trinajstić information content (AvgIpc) is 2.96. The number of fused-ring (bicyclic) bond motifs is 1. The number of nitrogens with zero attached hydrogens (tertiary/aromatic N) is 1. The van der Waals surface area contributed by atoms with Crippen molar-refractivity contribution < 1.29 is 9.53 Å². The van der Waals surface area contributed by atoms with Gasteiger partial charge in [-0.15, -0.1) is 0 Å². The van der Waals surface area contributed by atoms with Crippen LogP contribution in [0.3, 0.4) is 0 Å². The molecule has 0 radical (unpaired) electrons. The monoisotopic (exact) mass is 288 g/mol. The molecule has 112 valence electrons. The Hall–Kier alpha value is -2.08. The van der Waals surface area contributed by atoms with Gasteiger partial charge in [-0.25, -0.2) is 4.98 Å². The molecule has 0 aromatic carbocycles. The van der Waals surface area contributed by atoms with Crippen LogP contribution in [0.25, 0.3) is 11.0 Å². The van der Waals surface area contributed by atoms with Gasteiger partial charge in [0.15, 0.2) is 0 Å². The molecule has 6 heteroatoms. The summed E-state index contributed by atoms with van der Waals surface area (Å²) < 4.78 is 5.57. The number of H-pyrrole nitrogens is 1. The van der Waals surface area contributed by atoms with E-state index in [1.54, 1.807) is 7.11 Å². The van der Waals surface area contributed by atoms with Crippen LogP contribution in [0.2, 0.25) is 0 Å². The van der Waals surface area contributed by atoms with Gasteiger partial charge in [-0.1, -0.05) is 12.8 Å². The Kier molecular flexibility index (Phi) is 3.79. The molecule has 1 saturated carbocycles. The van der Waals surface area contributed by atoms with Gasteiger partial charge in [-0.3, -0.25) is 4.79 Å². The molecule has 4 N–H and O–H groups in total. The van der Waals surface area contributed by atoms with Gasteiger partial charge in [-0.2, -0.15) is 0 Å². The first kappa shape index (κ1) is 13.9. The molecule has 0 unspecified atom stereocenters. The molecule has 21 heavy (non-hydrogen) atoms. The van der Waals surface area contributed by atoms with Crippen LogP contribution in [0.1, 0.15) is 36.0 Å². The largest absolute Gasteiger partial charge is 0.379 e. The normalized spacial score (nSPS) is 22.3. The SMILES string of the molecule is CO[C@@H]1CCCC[C@@H]1Nc1c(C(N)=O)cnc2[nH]ccc12. The number of rotatable bonds is 4. The number of carbonyl (C=O) groups excluding carboxylic acids is 1. The third-order valence-corrected chi connectivity index (χ3v) is 4.19. The van der Waals surface area contributed by atoms with Crippen LogP contribution in [0, 0.1) is 0 Å². The number of hydrogen-bond acceptors (Lipinski definition) is 4. The number of aromatic nitrogens is 2. The molecule has 2 aromatic rings. The second-order valence-corrected chi connectivity index (χ2v) is 5.46. The van der Waals surface area contributed by atoms with Crippen molar-refractivity contribution >= 4 is 22.6 Å². The number of nitrogens with one attached hydrogen (secondary N) is 2. The van der Waals surface area contributed by atoms with Crippen LogP contribution in [0.15, 0.2) is 18.5 Å². The van der Waals surface area contributed by atoms with Gasteiger partial charge in [0.25, 0.3) is 5.91 Å². The van der Waals surface area contributed by atoms with Gasteiger partial charge >= 0.3 is 0 Å². The predicted octanol–water partition coefficient (Wildman–Crippen LogP) is 2.03. The van der Waals surface area contributed by atoms with Crippen LogP contribution in [-0.2, 0) is 4.74 Å². The molecule has 2 heterocycles. The highest BCUT2D eigenvalue weighted by atomic mass is 16.5. The van der Waals surface area contributed by atoms with Crippen molar-refractivity contribution in [1.29, 1.82) is 0 Å². The van der Waals surface area contributed by atoms with Crippen LogP contribution in [0.4, 0.5) is 5.69 Å². The van der Waals surface area contributed by atoms with Crippen molar-refractivity contribution in [2.45, 2.75) is 37.8 Å². The first-order chi connectivity index (χ1) is 10.2. The number of pyridine rings is 1. The molecule has 0 bridgehead atoms. The molecule has 6 nitrogen and oxygen atoms in total. The van der Waals surface area contributed by atoms with Crippen LogP contribution in [0.5, 0.6) is 0 Å². The van der Waals surface area contributed by atoms with Crippen molar-refractivity contribution in [3.63, 3.8) is 0 Å². The Morgan fingerprint density at radius 3 is 3.05 bits per heavy atom. The van der Waals surface area contributed by atoms with E-state index in [2.05, 4.69) is 15.3 Å². The lowest BCUT2D eigenvalue weighted by molar-refractivity contribution is 0.0606. The molecule has 0 saturated heterocycles. The molecule has 1 amide bonds. The summed E-state index contributed by atoms with van der Waals surface area (Å²) in [5.74, 6) is -0.474. The molecule has 0 aliphatic heterocycles. The first-order valence-electron chi connectivity index (χ1n) is 7.26. The van der Waals surface area contributed by atoms with Gasteiger partial charge in [0.2, 0.25) is 0 Å². The molecule has 2 aromatic heterocycles. The Balaban J connectivity index is 1.99. The molecule has 1 aliphatic rings. The van der Waals surface area contributed by atoms with Gasteiger partial charge in [-0.05, 0) is 18.9 Å². The molecule has 2 atom stereocenters. The maximum absolute atomic E-state index is 11.7.